The number of methoxy groups -OCH3 is 2. The lowest BCUT2D eigenvalue weighted by Crippen LogP contribution is -2.27. The molecule has 0 saturated carbocycles. The van der Waals surface area contributed by atoms with Crippen LogP contribution in [0.5, 0.6) is 11.5 Å². The standard InChI is InChI=1S/C10H12ClN5O5/c1-20-7-3-6(16(18)19)5(8(11)9(7)21-2)4-13-14-10(12)15-17/h3-4,17H,1-2H3,(H3,12,14,15)/b13-4+. The molecule has 0 fully saturated rings. The van der Waals surface area contributed by atoms with Crippen LogP contribution in [0.4, 0.5) is 5.69 Å². The average molecular weight is 318 g/mol. The first-order valence-electron chi connectivity index (χ1n) is 5.31. The summed E-state index contributed by atoms with van der Waals surface area (Å²) in [5, 5.41) is 26.2. The minimum Gasteiger partial charge on any atom is -0.493 e. The third-order valence-electron chi connectivity index (χ3n) is 2.29. The van der Waals surface area contributed by atoms with Crippen LogP contribution >= 0.6 is 11.6 Å². The van der Waals surface area contributed by atoms with Crippen molar-refractivity contribution in [1.82, 2.24) is 5.48 Å². The van der Waals surface area contributed by atoms with Gasteiger partial charge in [-0.2, -0.15) is 5.10 Å². The van der Waals surface area contributed by atoms with Crippen molar-refractivity contribution in [3.63, 3.8) is 0 Å². The third kappa shape index (κ3) is 3.70. The lowest BCUT2D eigenvalue weighted by atomic mass is 10.1. The zero-order valence-corrected chi connectivity index (χ0v) is 11.8. The van der Waals surface area contributed by atoms with E-state index in [-0.39, 0.29) is 27.8 Å². The number of hydrogen-bond acceptors (Lipinski definition) is 7. The molecule has 0 bridgehead atoms. The molecule has 0 aliphatic heterocycles. The van der Waals surface area contributed by atoms with E-state index in [1.54, 1.807) is 5.48 Å². The lowest BCUT2D eigenvalue weighted by molar-refractivity contribution is -0.385. The monoisotopic (exact) mass is 317 g/mol. The van der Waals surface area contributed by atoms with E-state index >= 15 is 0 Å². The largest absolute Gasteiger partial charge is 0.493 e. The predicted octanol–water partition coefficient (Wildman–Crippen LogP) is 0.893. The molecule has 11 heteroatoms. The van der Waals surface area contributed by atoms with Crippen LogP contribution in [0.2, 0.25) is 5.02 Å². The van der Waals surface area contributed by atoms with E-state index in [4.69, 9.17) is 32.0 Å². The topological polar surface area (TPSA) is 145 Å². The molecule has 114 valence electrons. The molecular weight excluding hydrogens is 306 g/mol. The molecule has 0 radical (unpaired) electrons. The Kier molecular flexibility index (Phi) is 5.69. The van der Waals surface area contributed by atoms with E-state index in [0.29, 0.717) is 0 Å². The highest BCUT2D eigenvalue weighted by Gasteiger charge is 2.24. The summed E-state index contributed by atoms with van der Waals surface area (Å²) in [5.41, 5.74) is 6.28. The number of nitro benzene ring substituents is 1. The third-order valence-corrected chi connectivity index (χ3v) is 2.67. The Labute approximate surface area is 123 Å². The van der Waals surface area contributed by atoms with Gasteiger partial charge in [-0.25, -0.2) is 5.48 Å². The quantitative estimate of drug-likeness (QED) is 0.316. The summed E-state index contributed by atoms with van der Waals surface area (Å²) in [4.78, 5) is 10.4. The molecule has 0 aliphatic carbocycles. The second kappa shape index (κ2) is 7.26. The van der Waals surface area contributed by atoms with Crippen molar-refractivity contribution in [2.24, 2.45) is 15.9 Å². The zero-order chi connectivity index (χ0) is 16.0. The van der Waals surface area contributed by atoms with E-state index in [2.05, 4.69) is 10.2 Å². The van der Waals surface area contributed by atoms with Gasteiger partial charge in [-0.1, -0.05) is 11.6 Å². The highest BCUT2D eigenvalue weighted by molar-refractivity contribution is 6.35. The van der Waals surface area contributed by atoms with Crippen LogP contribution in [0.25, 0.3) is 0 Å². The molecule has 0 heterocycles. The normalized spacial score (nSPS) is 11.5. The number of nitrogens with zero attached hydrogens (tertiary/aromatic N) is 3. The maximum Gasteiger partial charge on any atom is 0.283 e. The molecule has 21 heavy (non-hydrogen) atoms. The molecule has 0 unspecified atom stereocenters. The van der Waals surface area contributed by atoms with E-state index in [1.165, 1.54) is 14.2 Å². The van der Waals surface area contributed by atoms with Crippen molar-refractivity contribution in [2.45, 2.75) is 0 Å². The molecule has 0 amide bonds. The molecule has 0 aliphatic rings. The number of benzene rings is 1. The van der Waals surface area contributed by atoms with Gasteiger partial charge in [-0.15, -0.1) is 5.10 Å². The molecule has 1 aromatic carbocycles. The molecule has 1 aromatic rings. The van der Waals surface area contributed by atoms with Crippen molar-refractivity contribution in [2.75, 3.05) is 14.2 Å². The molecule has 0 saturated heterocycles. The Morgan fingerprint density at radius 1 is 1.57 bits per heavy atom. The van der Waals surface area contributed by atoms with Crippen LogP contribution in [0.15, 0.2) is 16.3 Å². The van der Waals surface area contributed by atoms with Gasteiger partial charge in [0.15, 0.2) is 11.5 Å². The summed E-state index contributed by atoms with van der Waals surface area (Å²) < 4.78 is 10.0. The fourth-order valence-corrected chi connectivity index (χ4v) is 1.71. The van der Waals surface area contributed by atoms with Gasteiger partial charge >= 0.3 is 0 Å². The van der Waals surface area contributed by atoms with Crippen LogP contribution < -0.4 is 20.7 Å². The van der Waals surface area contributed by atoms with Gasteiger partial charge in [-0.3, -0.25) is 15.3 Å². The summed E-state index contributed by atoms with van der Waals surface area (Å²) in [7, 11) is 2.66. The Morgan fingerprint density at radius 3 is 2.71 bits per heavy atom. The Bertz CT molecular complexity index is 604. The molecule has 0 spiro atoms. The molecule has 0 atom stereocenters. The molecule has 1 rings (SSSR count). The van der Waals surface area contributed by atoms with Crippen LogP contribution in [0, 0.1) is 10.1 Å². The molecule has 10 nitrogen and oxygen atoms in total. The highest BCUT2D eigenvalue weighted by atomic mass is 35.5. The number of nitro groups is 1. The fourth-order valence-electron chi connectivity index (χ4n) is 1.40. The summed E-state index contributed by atoms with van der Waals surface area (Å²) in [6.45, 7) is 0. The zero-order valence-electron chi connectivity index (χ0n) is 11.0. The number of nitrogens with two attached hydrogens (primary N) is 1. The Morgan fingerprint density at radius 2 is 2.24 bits per heavy atom. The summed E-state index contributed by atoms with van der Waals surface area (Å²) in [5.74, 6) is -0.180. The van der Waals surface area contributed by atoms with Crippen molar-refractivity contribution < 1.29 is 19.6 Å². The van der Waals surface area contributed by atoms with Gasteiger partial charge < -0.3 is 15.2 Å². The number of guanidine groups is 1. The van der Waals surface area contributed by atoms with E-state index < -0.39 is 10.9 Å². The van der Waals surface area contributed by atoms with Gasteiger partial charge in [-0.05, 0) is 0 Å². The van der Waals surface area contributed by atoms with Gasteiger partial charge in [0.25, 0.3) is 5.69 Å². The summed E-state index contributed by atoms with van der Waals surface area (Å²) in [6.07, 6.45) is 1.01. The number of ether oxygens (including phenoxy) is 2. The number of hydroxylamine groups is 1. The average Bonchev–Trinajstić information content (AvgIpc) is 2.47. The van der Waals surface area contributed by atoms with Crippen molar-refractivity contribution in [3.8, 4) is 11.5 Å². The van der Waals surface area contributed by atoms with Gasteiger partial charge in [0.1, 0.15) is 5.02 Å². The number of hydrogen-bond donors (Lipinski definition) is 3. The maximum atomic E-state index is 11.1. The van der Waals surface area contributed by atoms with E-state index in [9.17, 15) is 10.1 Å². The summed E-state index contributed by atoms with van der Waals surface area (Å²) >= 11 is 6.05. The van der Waals surface area contributed by atoms with Crippen LogP contribution in [-0.4, -0.2) is 36.5 Å². The lowest BCUT2D eigenvalue weighted by Gasteiger charge is -2.11. The Balaban J connectivity index is 3.44. The van der Waals surface area contributed by atoms with E-state index in [0.717, 1.165) is 12.3 Å². The molecule has 4 N–H and O–H groups in total. The number of halogens is 1. The first-order chi connectivity index (χ1) is 9.96. The van der Waals surface area contributed by atoms with Crippen LogP contribution in [0.3, 0.4) is 0 Å². The van der Waals surface area contributed by atoms with Gasteiger partial charge in [0.05, 0.1) is 37.0 Å². The number of nitrogens with one attached hydrogen (secondary N) is 1. The van der Waals surface area contributed by atoms with E-state index in [1.807, 2.05) is 0 Å². The second-order valence-electron chi connectivity index (χ2n) is 3.46. The smallest absolute Gasteiger partial charge is 0.283 e. The highest BCUT2D eigenvalue weighted by Crippen LogP contribution is 2.41. The fraction of sp³-hybridized carbons (Fsp3) is 0.200. The van der Waals surface area contributed by atoms with Crippen molar-refractivity contribution >= 4 is 29.5 Å². The minimum absolute atomic E-state index is 0.0474. The van der Waals surface area contributed by atoms with Crippen LogP contribution in [0.1, 0.15) is 5.56 Å². The van der Waals surface area contributed by atoms with Crippen LogP contribution in [-0.2, 0) is 0 Å². The van der Waals surface area contributed by atoms with Crippen molar-refractivity contribution in [3.05, 3.63) is 26.8 Å². The minimum atomic E-state index is -0.660. The second-order valence-corrected chi connectivity index (χ2v) is 3.84. The Hall–Kier alpha value is -2.59. The maximum absolute atomic E-state index is 11.1. The molecular formula is C10H12ClN5O5. The van der Waals surface area contributed by atoms with Gasteiger partial charge in [0.2, 0.25) is 5.96 Å². The predicted molar refractivity (Wildman–Crippen MR) is 75.3 cm³/mol. The first-order valence-corrected chi connectivity index (χ1v) is 5.69. The number of rotatable bonds is 5. The van der Waals surface area contributed by atoms with Gasteiger partial charge in [0, 0.05) is 0 Å². The first kappa shape index (κ1) is 16.5. The van der Waals surface area contributed by atoms with Crippen molar-refractivity contribution in [1.29, 1.82) is 0 Å². The SMILES string of the molecule is COc1cc([N+](=O)[O-])c(/C=N/N=C(\N)NO)c(Cl)c1OC. The molecule has 0 aromatic heterocycles. The summed E-state index contributed by atoms with van der Waals surface area (Å²) in [6, 6.07) is 1.14.